The van der Waals surface area contributed by atoms with Crippen LogP contribution in [0.1, 0.15) is 17.2 Å². The highest BCUT2D eigenvalue weighted by Gasteiger charge is 2.29. The monoisotopic (exact) mass is 770 g/mol. The highest BCUT2D eigenvalue weighted by atomic mass is 32.2. The van der Waals surface area contributed by atoms with Crippen molar-refractivity contribution in [2.45, 2.75) is 15.8 Å². The van der Waals surface area contributed by atoms with E-state index in [-0.39, 0.29) is 6.04 Å². The minimum Gasteiger partial charge on any atom is -0.344 e. The van der Waals surface area contributed by atoms with Crippen molar-refractivity contribution in [2.75, 3.05) is 0 Å². The van der Waals surface area contributed by atoms with E-state index in [9.17, 15) is 0 Å². The van der Waals surface area contributed by atoms with E-state index in [0.29, 0.717) is 0 Å². The molecule has 9 aromatic carbocycles. The second-order valence-electron chi connectivity index (χ2n) is 15.6. The summed E-state index contributed by atoms with van der Waals surface area (Å²) in [7, 11) is 0. The van der Waals surface area contributed by atoms with Gasteiger partial charge in [-0.2, -0.15) is 0 Å². The first-order valence-corrected chi connectivity index (χ1v) is 21.0. The number of hydrogen-bond donors (Lipinski definition) is 1. The van der Waals surface area contributed by atoms with Gasteiger partial charge in [0.25, 0.3) is 0 Å². The molecule has 0 saturated carbocycles. The summed E-state index contributed by atoms with van der Waals surface area (Å²) in [6, 6.07) is 70.7. The minimum atomic E-state index is -0.0527. The van der Waals surface area contributed by atoms with E-state index in [1.807, 2.05) is 11.8 Å². The van der Waals surface area contributed by atoms with Crippen LogP contribution in [0.3, 0.4) is 0 Å². The zero-order valence-electron chi connectivity index (χ0n) is 31.8. The predicted octanol–water partition coefficient (Wildman–Crippen LogP) is 14.1. The van der Waals surface area contributed by atoms with Crippen molar-refractivity contribution in [3.05, 3.63) is 205 Å². The van der Waals surface area contributed by atoms with Crippen LogP contribution in [0.5, 0.6) is 0 Å². The van der Waals surface area contributed by atoms with Gasteiger partial charge in [0.2, 0.25) is 5.96 Å². The van der Waals surface area contributed by atoms with Gasteiger partial charge in [-0.05, 0) is 93.9 Å². The molecule has 0 radical (unpaired) electrons. The van der Waals surface area contributed by atoms with Crippen molar-refractivity contribution in [1.82, 2.24) is 14.5 Å². The Labute approximate surface area is 344 Å². The molecule has 59 heavy (non-hydrogen) atoms. The fourth-order valence-electron chi connectivity index (χ4n) is 9.78. The predicted molar refractivity (Wildman–Crippen MR) is 247 cm³/mol. The van der Waals surface area contributed by atoms with E-state index in [1.54, 1.807) is 0 Å². The molecule has 1 unspecified atom stereocenters. The Bertz CT molecular complexity index is 3560. The highest BCUT2D eigenvalue weighted by molar-refractivity contribution is 7.99. The van der Waals surface area contributed by atoms with Gasteiger partial charge >= 0.3 is 0 Å². The minimum absolute atomic E-state index is 0.0527. The fourth-order valence-corrected chi connectivity index (χ4v) is 10.9. The molecule has 0 aliphatic carbocycles. The third kappa shape index (κ3) is 4.83. The van der Waals surface area contributed by atoms with Gasteiger partial charge in [-0.15, -0.1) is 0 Å². The molecule has 5 heteroatoms. The van der Waals surface area contributed by atoms with Crippen LogP contribution >= 0.6 is 11.8 Å². The van der Waals surface area contributed by atoms with E-state index >= 15 is 0 Å². The lowest BCUT2D eigenvalue weighted by atomic mass is 9.94. The van der Waals surface area contributed by atoms with Gasteiger partial charge < -0.3 is 9.88 Å². The van der Waals surface area contributed by atoms with Crippen LogP contribution in [-0.2, 0) is 0 Å². The van der Waals surface area contributed by atoms with Gasteiger partial charge in [0.05, 0.1) is 33.8 Å². The van der Waals surface area contributed by atoms with Gasteiger partial charge in [0, 0.05) is 48.0 Å². The molecule has 0 saturated heterocycles. The molecule has 11 aromatic rings. The van der Waals surface area contributed by atoms with Gasteiger partial charge in [0.15, 0.2) is 0 Å². The molecule has 1 N–H and O–H groups in total. The molecule has 2 aromatic heterocycles. The number of aliphatic imine (C=N–C) groups is 1. The molecule has 13 rings (SSSR count). The number of rotatable bonds is 3. The van der Waals surface area contributed by atoms with Crippen LogP contribution in [0.4, 0.5) is 5.69 Å². The molecular formula is C54H34N4S. The largest absolute Gasteiger partial charge is 0.344 e. The van der Waals surface area contributed by atoms with Crippen LogP contribution in [0.2, 0.25) is 0 Å². The first-order chi connectivity index (χ1) is 29.3. The molecule has 2 aliphatic rings. The van der Waals surface area contributed by atoms with E-state index in [2.05, 4.69) is 209 Å². The Hall–Kier alpha value is -7.34. The van der Waals surface area contributed by atoms with Crippen LogP contribution < -0.4 is 5.32 Å². The lowest BCUT2D eigenvalue weighted by Crippen LogP contribution is -2.36. The molecule has 4 heterocycles. The average Bonchev–Trinajstić information content (AvgIpc) is 3.81. The van der Waals surface area contributed by atoms with Gasteiger partial charge in [0.1, 0.15) is 0 Å². The lowest BCUT2D eigenvalue weighted by molar-refractivity contribution is 0.731. The summed E-state index contributed by atoms with van der Waals surface area (Å²) in [6.07, 6.45) is 0. The van der Waals surface area contributed by atoms with Gasteiger partial charge in [-0.1, -0.05) is 145 Å². The first kappa shape index (κ1) is 32.7. The molecule has 4 nitrogen and oxygen atoms in total. The summed E-state index contributed by atoms with van der Waals surface area (Å²) in [4.78, 5) is 7.95. The molecule has 2 aliphatic heterocycles. The Morgan fingerprint density at radius 1 is 0.441 bits per heavy atom. The second-order valence-corrected chi connectivity index (χ2v) is 16.6. The maximum absolute atomic E-state index is 5.40. The van der Waals surface area contributed by atoms with E-state index < -0.39 is 0 Å². The van der Waals surface area contributed by atoms with Crippen LogP contribution in [0.15, 0.2) is 209 Å². The summed E-state index contributed by atoms with van der Waals surface area (Å²) >= 11 is 1.87. The highest BCUT2D eigenvalue weighted by Crippen LogP contribution is 2.51. The van der Waals surface area contributed by atoms with Crippen molar-refractivity contribution in [2.24, 2.45) is 4.99 Å². The molecule has 0 fully saturated rings. The normalized spacial score (nSPS) is 14.4. The van der Waals surface area contributed by atoms with Crippen molar-refractivity contribution in [3.8, 4) is 27.9 Å². The van der Waals surface area contributed by atoms with Crippen molar-refractivity contribution in [3.63, 3.8) is 0 Å². The van der Waals surface area contributed by atoms with Crippen LogP contribution in [-0.4, -0.2) is 15.1 Å². The number of nitrogens with one attached hydrogen (secondary N) is 1. The molecule has 276 valence electrons. The topological polar surface area (TPSA) is 34.2 Å². The third-order valence-electron chi connectivity index (χ3n) is 12.4. The summed E-state index contributed by atoms with van der Waals surface area (Å²) < 4.78 is 4.76. The first-order valence-electron chi connectivity index (χ1n) is 20.2. The Kier molecular flexibility index (Phi) is 6.97. The lowest BCUT2D eigenvalue weighted by Gasteiger charge is -2.28. The molecule has 0 bridgehead atoms. The quantitative estimate of drug-likeness (QED) is 0.194. The van der Waals surface area contributed by atoms with Gasteiger partial charge in [-0.3, -0.25) is 4.57 Å². The summed E-state index contributed by atoms with van der Waals surface area (Å²) in [5, 5.41) is 11.5. The number of nitrogens with zero attached hydrogens (tertiary/aromatic N) is 3. The maximum Gasteiger partial charge on any atom is 0.209 e. The molecular weight excluding hydrogens is 737 g/mol. The Morgan fingerprint density at radius 3 is 1.97 bits per heavy atom. The molecule has 0 spiro atoms. The van der Waals surface area contributed by atoms with Crippen molar-refractivity contribution >= 4 is 77.8 Å². The standard InChI is InChI=1S/C54H34N4S/c1-3-14-33(15-4-1)53-40-20-7-10-23-44(40)55-54(56-53)58-47-29-27-35(34-26-28-46-42(30-34)37-18-8-11-24-45(37)57(46)36-16-5-2-6-17-36)31-43(47)51-41-22-13-21-39-38-19-9-12-25-49(38)59-50(52(39)41)32-48(51)58/h1-32,53H,(H,55,56). The Morgan fingerprint density at radius 2 is 1.10 bits per heavy atom. The van der Waals surface area contributed by atoms with E-state index in [1.165, 1.54) is 86.5 Å². The number of hydrogen-bond acceptors (Lipinski definition) is 3. The van der Waals surface area contributed by atoms with Crippen LogP contribution in [0.25, 0.3) is 82.3 Å². The Balaban J connectivity index is 1.08. The SMILES string of the molecule is c1ccc(C2NC(n3c4ccc(-c5ccc6c(c5)c5ccccc5n6-c5ccccc5)cc4c4c5cccc6c5c(cc43)Sc3ccccc3-6)=Nc3ccccc32)cc1. The number of fused-ring (bicyclic) bond motifs is 10. The summed E-state index contributed by atoms with van der Waals surface area (Å²) in [5.74, 6) is 0.823. The number of para-hydroxylation sites is 3. The third-order valence-corrected chi connectivity index (χ3v) is 13.5. The summed E-state index contributed by atoms with van der Waals surface area (Å²) in [5.41, 5.74) is 14.1. The van der Waals surface area contributed by atoms with E-state index in [4.69, 9.17) is 4.99 Å². The average molecular weight is 771 g/mol. The fraction of sp³-hybridized carbons (Fsp3) is 0.0185. The van der Waals surface area contributed by atoms with Gasteiger partial charge in [-0.25, -0.2) is 4.99 Å². The molecule has 1 atom stereocenters. The zero-order valence-corrected chi connectivity index (χ0v) is 32.6. The summed E-state index contributed by atoms with van der Waals surface area (Å²) in [6.45, 7) is 0. The number of benzene rings is 9. The van der Waals surface area contributed by atoms with E-state index in [0.717, 1.165) is 28.4 Å². The van der Waals surface area contributed by atoms with Crippen molar-refractivity contribution < 1.29 is 0 Å². The molecule has 0 amide bonds. The second kappa shape index (κ2) is 12.6. The maximum atomic E-state index is 5.40. The zero-order chi connectivity index (χ0) is 38.6. The smallest absolute Gasteiger partial charge is 0.209 e. The van der Waals surface area contributed by atoms with Crippen molar-refractivity contribution in [1.29, 1.82) is 0 Å². The number of aromatic nitrogens is 2. The van der Waals surface area contributed by atoms with Crippen LogP contribution in [0, 0.1) is 0 Å².